The second kappa shape index (κ2) is 7.04. The van der Waals surface area contributed by atoms with Crippen LogP contribution in [0.2, 0.25) is 0 Å². The predicted octanol–water partition coefficient (Wildman–Crippen LogP) is 4.77. The van der Waals surface area contributed by atoms with Crippen LogP contribution in [-0.2, 0) is 6.42 Å². The fourth-order valence-electron chi connectivity index (χ4n) is 1.82. The van der Waals surface area contributed by atoms with E-state index in [4.69, 9.17) is 0 Å². The molecule has 1 heterocycles. The van der Waals surface area contributed by atoms with E-state index in [1.165, 1.54) is 17.3 Å². The van der Waals surface area contributed by atoms with E-state index in [1.54, 1.807) is 6.20 Å². The number of rotatable bonds is 5. The van der Waals surface area contributed by atoms with Gasteiger partial charge >= 0.3 is 0 Å². The molecule has 0 N–H and O–H groups in total. The van der Waals surface area contributed by atoms with Gasteiger partial charge < -0.3 is 0 Å². The van der Waals surface area contributed by atoms with E-state index in [0.29, 0.717) is 0 Å². The number of aryl methyl sites for hydroxylation is 1. The molecule has 0 spiro atoms. The first-order valence-electron chi connectivity index (χ1n) is 6.52. The molecule has 0 saturated carbocycles. The van der Waals surface area contributed by atoms with E-state index >= 15 is 0 Å². The fraction of sp³-hybridized carbons (Fsp3) is 0.250. The third kappa shape index (κ3) is 3.70. The van der Waals surface area contributed by atoms with E-state index < -0.39 is 0 Å². The number of thioether (sulfide) groups is 1. The van der Waals surface area contributed by atoms with E-state index in [9.17, 15) is 4.79 Å². The minimum absolute atomic E-state index is 0.134. The lowest BCUT2D eigenvalue weighted by Gasteiger charge is -2.11. The number of hydrogen-bond donors (Lipinski definition) is 0. The van der Waals surface area contributed by atoms with E-state index in [2.05, 4.69) is 27.8 Å². The summed E-state index contributed by atoms with van der Waals surface area (Å²) in [6, 6.07) is 11.6. The van der Waals surface area contributed by atoms with Crippen molar-refractivity contribution in [3.63, 3.8) is 0 Å². The molecule has 0 amide bonds. The van der Waals surface area contributed by atoms with E-state index in [-0.39, 0.29) is 11.0 Å². The smallest absolute Gasteiger partial charge is 0.175 e. The topological polar surface area (TPSA) is 30.0 Å². The van der Waals surface area contributed by atoms with Crippen LogP contribution in [0.25, 0.3) is 0 Å². The van der Waals surface area contributed by atoms with Gasteiger partial charge in [0, 0.05) is 16.2 Å². The number of pyridine rings is 1. The highest BCUT2D eigenvalue weighted by Gasteiger charge is 2.18. The molecule has 0 aliphatic carbocycles. The number of hydrogen-bond acceptors (Lipinski definition) is 3. The van der Waals surface area contributed by atoms with Crippen molar-refractivity contribution in [2.24, 2.45) is 0 Å². The summed E-state index contributed by atoms with van der Waals surface area (Å²) < 4.78 is 0.922. The zero-order chi connectivity index (χ0) is 14.5. The van der Waals surface area contributed by atoms with Crippen LogP contribution in [-0.4, -0.2) is 16.0 Å². The van der Waals surface area contributed by atoms with Crippen molar-refractivity contribution in [2.45, 2.75) is 30.5 Å². The maximum absolute atomic E-state index is 12.4. The van der Waals surface area contributed by atoms with Crippen LogP contribution < -0.4 is 0 Å². The summed E-state index contributed by atoms with van der Waals surface area (Å²) in [6.07, 6.45) is 2.72. The minimum atomic E-state index is -0.159. The Bertz CT molecular complexity index is 598. The molecule has 2 nitrogen and oxygen atoms in total. The number of carbonyl (C=O) groups excluding carboxylic acids is 1. The predicted molar refractivity (Wildman–Crippen MR) is 87.4 cm³/mol. The molecule has 1 aromatic carbocycles. The van der Waals surface area contributed by atoms with E-state index in [0.717, 1.165) is 21.5 Å². The summed E-state index contributed by atoms with van der Waals surface area (Å²) in [7, 11) is 0. The van der Waals surface area contributed by atoms with Gasteiger partial charge in [-0.05, 0) is 47.0 Å². The van der Waals surface area contributed by atoms with Crippen molar-refractivity contribution < 1.29 is 4.79 Å². The molecule has 0 saturated heterocycles. The van der Waals surface area contributed by atoms with Gasteiger partial charge in [0.15, 0.2) is 5.78 Å². The standard InChI is InChI=1S/C16H16BrNOS/c1-3-12-6-8-13(9-7-12)15(19)11(2)20-16-14(17)5-4-10-18-16/h4-11H,3H2,1-2H3. The fourth-order valence-corrected chi connectivity index (χ4v) is 3.23. The van der Waals surface area contributed by atoms with Crippen LogP contribution >= 0.6 is 27.7 Å². The molecule has 0 radical (unpaired) electrons. The quantitative estimate of drug-likeness (QED) is 0.575. The first-order valence-corrected chi connectivity index (χ1v) is 8.19. The third-order valence-corrected chi connectivity index (χ3v) is 5.05. The average molecular weight is 350 g/mol. The Morgan fingerprint density at radius 3 is 2.60 bits per heavy atom. The molecule has 0 aliphatic rings. The summed E-state index contributed by atoms with van der Waals surface area (Å²) in [4.78, 5) is 16.7. The van der Waals surface area contributed by atoms with Gasteiger partial charge in [0.05, 0.1) is 5.25 Å². The highest BCUT2D eigenvalue weighted by atomic mass is 79.9. The molecule has 0 aliphatic heterocycles. The summed E-state index contributed by atoms with van der Waals surface area (Å²) >= 11 is 4.93. The van der Waals surface area contributed by atoms with Crippen LogP contribution in [0.1, 0.15) is 29.8 Å². The second-order valence-electron chi connectivity index (χ2n) is 4.47. The maximum Gasteiger partial charge on any atom is 0.175 e. The molecule has 1 aromatic heterocycles. The molecule has 20 heavy (non-hydrogen) atoms. The van der Waals surface area contributed by atoms with Crippen LogP contribution in [0.15, 0.2) is 52.1 Å². The molecular weight excluding hydrogens is 334 g/mol. The van der Waals surface area contributed by atoms with Crippen LogP contribution in [0.5, 0.6) is 0 Å². The van der Waals surface area contributed by atoms with Crippen molar-refractivity contribution >= 4 is 33.5 Å². The van der Waals surface area contributed by atoms with Crippen LogP contribution in [0.4, 0.5) is 0 Å². The number of ketones is 1. The third-order valence-electron chi connectivity index (χ3n) is 3.03. The molecular formula is C16H16BrNOS. The Kier molecular flexibility index (Phi) is 5.38. The van der Waals surface area contributed by atoms with Crippen LogP contribution in [0.3, 0.4) is 0 Å². The van der Waals surface area contributed by atoms with E-state index in [1.807, 2.05) is 43.3 Å². The van der Waals surface area contributed by atoms with Gasteiger partial charge in [-0.15, -0.1) is 0 Å². The van der Waals surface area contributed by atoms with Gasteiger partial charge in [-0.2, -0.15) is 0 Å². The van der Waals surface area contributed by atoms with Gasteiger partial charge in [-0.1, -0.05) is 43.0 Å². The Labute approximate surface area is 132 Å². The zero-order valence-corrected chi connectivity index (χ0v) is 13.9. The Morgan fingerprint density at radius 2 is 2.00 bits per heavy atom. The summed E-state index contributed by atoms with van der Waals surface area (Å²) in [5.74, 6) is 0.134. The van der Waals surface area contributed by atoms with Crippen LogP contribution in [0, 0.1) is 0 Å². The number of aromatic nitrogens is 1. The Balaban J connectivity index is 2.10. The van der Waals surface area contributed by atoms with Gasteiger partial charge in [0.2, 0.25) is 0 Å². The second-order valence-corrected chi connectivity index (χ2v) is 6.65. The molecule has 1 atom stereocenters. The monoisotopic (exact) mass is 349 g/mol. The van der Waals surface area contributed by atoms with Gasteiger partial charge in [-0.3, -0.25) is 4.79 Å². The SMILES string of the molecule is CCc1ccc(C(=O)C(C)Sc2ncccc2Br)cc1. The van der Waals surface area contributed by atoms with Gasteiger partial charge in [0.25, 0.3) is 0 Å². The van der Waals surface area contributed by atoms with Crippen molar-refractivity contribution in [1.82, 2.24) is 4.98 Å². The minimum Gasteiger partial charge on any atom is -0.293 e. The zero-order valence-electron chi connectivity index (χ0n) is 11.5. The molecule has 2 rings (SSSR count). The largest absolute Gasteiger partial charge is 0.293 e. The maximum atomic E-state index is 12.4. The molecule has 1 unspecified atom stereocenters. The molecule has 0 bridgehead atoms. The lowest BCUT2D eigenvalue weighted by Crippen LogP contribution is -2.13. The Morgan fingerprint density at radius 1 is 1.30 bits per heavy atom. The van der Waals surface area contributed by atoms with Crippen molar-refractivity contribution in [3.8, 4) is 0 Å². The average Bonchev–Trinajstić information content (AvgIpc) is 2.49. The first-order chi connectivity index (χ1) is 9.61. The summed E-state index contributed by atoms with van der Waals surface area (Å²) in [5, 5.41) is 0.687. The molecule has 104 valence electrons. The first kappa shape index (κ1) is 15.3. The summed E-state index contributed by atoms with van der Waals surface area (Å²) in [5.41, 5.74) is 2.00. The van der Waals surface area contributed by atoms with Crippen molar-refractivity contribution in [3.05, 3.63) is 58.2 Å². The number of halogens is 1. The lowest BCUT2D eigenvalue weighted by atomic mass is 10.1. The molecule has 0 fully saturated rings. The lowest BCUT2D eigenvalue weighted by molar-refractivity contribution is 0.0994. The van der Waals surface area contributed by atoms with Gasteiger partial charge in [-0.25, -0.2) is 4.98 Å². The number of Topliss-reactive ketones (excluding diaryl/α,β-unsaturated/α-hetero) is 1. The van der Waals surface area contributed by atoms with Gasteiger partial charge in [0.1, 0.15) is 5.03 Å². The number of nitrogens with zero attached hydrogens (tertiary/aromatic N) is 1. The summed E-state index contributed by atoms with van der Waals surface area (Å²) in [6.45, 7) is 4.02. The highest BCUT2D eigenvalue weighted by Crippen LogP contribution is 2.29. The normalized spacial score (nSPS) is 12.2. The number of benzene rings is 1. The van der Waals surface area contributed by atoms with Crippen molar-refractivity contribution in [1.29, 1.82) is 0 Å². The Hall–Kier alpha value is -1.13. The molecule has 4 heteroatoms. The van der Waals surface area contributed by atoms with Crippen molar-refractivity contribution in [2.75, 3.05) is 0 Å². The number of carbonyl (C=O) groups is 1. The highest BCUT2D eigenvalue weighted by molar-refractivity contribution is 9.10. The molecule has 2 aromatic rings.